The van der Waals surface area contributed by atoms with Crippen molar-refractivity contribution in [1.82, 2.24) is 25.1 Å². The van der Waals surface area contributed by atoms with E-state index in [0.29, 0.717) is 18.8 Å². The first-order valence-corrected chi connectivity index (χ1v) is 8.56. The molecule has 8 heteroatoms. The summed E-state index contributed by atoms with van der Waals surface area (Å²) in [5.41, 5.74) is 0.266. The van der Waals surface area contributed by atoms with Crippen LogP contribution in [0.15, 0.2) is 12.4 Å². The number of hydrogen-bond acceptors (Lipinski definition) is 5. The summed E-state index contributed by atoms with van der Waals surface area (Å²) in [5, 5.41) is 3.03. The van der Waals surface area contributed by atoms with Gasteiger partial charge in [-0.1, -0.05) is 0 Å². The van der Waals surface area contributed by atoms with E-state index in [1.165, 1.54) is 19.5 Å². The fourth-order valence-electron chi connectivity index (χ4n) is 3.66. The van der Waals surface area contributed by atoms with Gasteiger partial charge < -0.3 is 19.9 Å². The van der Waals surface area contributed by atoms with Gasteiger partial charge in [0.05, 0.1) is 19.5 Å². The SMILES string of the molecule is COc1cnc(C(=O)N2CCC3(CC2)CC(NC(=O)N(C)C)C3)nc1. The average Bonchev–Trinajstić information content (AvgIpc) is 2.60. The maximum absolute atomic E-state index is 12.5. The van der Waals surface area contributed by atoms with E-state index < -0.39 is 0 Å². The van der Waals surface area contributed by atoms with E-state index >= 15 is 0 Å². The van der Waals surface area contributed by atoms with Crippen LogP contribution in [0.3, 0.4) is 0 Å². The van der Waals surface area contributed by atoms with Gasteiger partial charge in [-0.05, 0) is 31.1 Å². The van der Waals surface area contributed by atoms with E-state index in [4.69, 9.17) is 4.74 Å². The summed E-state index contributed by atoms with van der Waals surface area (Å²) in [6.45, 7) is 1.42. The van der Waals surface area contributed by atoms with Crippen molar-refractivity contribution in [1.29, 1.82) is 0 Å². The number of hydrogen-bond donors (Lipinski definition) is 1. The topological polar surface area (TPSA) is 87.7 Å². The molecular weight excluding hydrogens is 322 g/mol. The van der Waals surface area contributed by atoms with E-state index in [9.17, 15) is 9.59 Å². The Morgan fingerprint density at radius 2 is 1.84 bits per heavy atom. The first-order valence-electron chi connectivity index (χ1n) is 8.56. The van der Waals surface area contributed by atoms with Crippen molar-refractivity contribution in [3.8, 4) is 5.75 Å². The predicted octanol–water partition coefficient (Wildman–Crippen LogP) is 1.14. The Morgan fingerprint density at radius 1 is 1.24 bits per heavy atom. The number of nitrogens with one attached hydrogen (secondary N) is 1. The maximum atomic E-state index is 12.5. The molecule has 8 nitrogen and oxygen atoms in total. The number of carbonyl (C=O) groups excluding carboxylic acids is 2. The molecule has 0 bridgehead atoms. The molecule has 1 N–H and O–H groups in total. The van der Waals surface area contributed by atoms with E-state index in [0.717, 1.165) is 25.7 Å². The van der Waals surface area contributed by atoms with Crippen LogP contribution in [-0.4, -0.2) is 72.0 Å². The minimum absolute atomic E-state index is 0.0379. The minimum Gasteiger partial charge on any atom is -0.494 e. The Bertz CT molecular complexity index is 630. The number of amides is 3. The zero-order valence-electron chi connectivity index (χ0n) is 15.0. The third kappa shape index (κ3) is 3.67. The van der Waals surface area contributed by atoms with Crippen LogP contribution in [0.2, 0.25) is 0 Å². The van der Waals surface area contributed by atoms with Gasteiger partial charge in [0.2, 0.25) is 5.82 Å². The lowest BCUT2D eigenvalue weighted by molar-refractivity contribution is 0.00967. The third-order valence-electron chi connectivity index (χ3n) is 5.26. The van der Waals surface area contributed by atoms with Gasteiger partial charge in [-0.2, -0.15) is 0 Å². The van der Waals surface area contributed by atoms with Crippen LogP contribution in [0, 0.1) is 5.41 Å². The summed E-state index contributed by atoms with van der Waals surface area (Å²) in [4.78, 5) is 35.7. The van der Waals surface area contributed by atoms with Crippen LogP contribution < -0.4 is 10.1 Å². The lowest BCUT2D eigenvalue weighted by atomic mass is 9.60. The molecule has 3 rings (SSSR count). The molecular formula is C17H25N5O3. The molecule has 1 aliphatic heterocycles. The number of rotatable bonds is 3. The van der Waals surface area contributed by atoms with Gasteiger partial charge in [0.1, 0.15) is 0 Å². The fourth-order valence-corrected chi connectivity index (χ4v) is 3.66. The molecule has 0 atom stereocenters. The van der Waals surface area contributed by atoms with Crippen molar-refractivity contribution in [2.45, 2.75) is 31.7 Å². The monoisotopic (exact) mass is 347 g/mol. The second-order valence-corrected chi connectivity index (χ2v) is 7.19. The molecule has 0 radical (unpaired) electrons. The number of ether oxygens (including phenoxy) is 1. The highest BCUT2D eigenvalue weighted by atomic mass is 16.5. The Hall–Kier alpha value is -2.38. The van der Waals surface area contributed by atoms with Crippen molar-refractivity contribution in [2.75, 3.05) is 34.3 Å². The number of nitrogens with zero attached hydrogens (tertiary/aromatic N) is 4. The number of carbonyl (C=O) groups is 2. The highest BCUT2D eigenvalue weighted by Crippen LogP contribution is 2.49. The summed E-state index contributed by atoms with van der Waals surface area (Å²) in [5.74, 6) is 0.616. The van der Waals surface area contributed by atoms with Crippen LogP contribution in [0.4, 0.5) is 4.79 Å². The maximum Gasteiger partial charge on any atom is 0.317 e. The fraction of sp³-hybridized carbons (Fsp3) is 0.647. The van der Waals surface area contributed by atoms with Crippen LogP contribution in [0.25, 0.3) is 0 Å². The first kappa shape index (κ1) is 17.4. The van der Waals surface area contributed by atoms with Gasteiger partial charge in [0.25, 0.3) is 5.91 Å². The minimum atomic E-state index is -0.130. The molecule has 1 aromatic rings. The molecule has 1 aromatic heterocycles. The molecule has 0 unspecified atom stereocenters. The zero-order valence-corrected chi connectivity index (χ0v) is 15.0. The summed E-state index contributed by atoms with van der Waals surface area (Å²) in [6, 6.07) is 0.214. The largest absolute Gasteiger partial charge is 0.494 e. The van der Waals surface area contributed by atoms with Crippen LogP contribution in [-0.2, 0) is 0 Å². The molecule has 0 aromatic carbocycles. The third-order valence-corrected chi connectivity index (χ3v) is 5.26. The quantitative estimate of drug-likeness (QED) is 0.886. The predicted molar refractivity (Wildman–Crippen MR) is 91.4 cm³/mol. The lowest BCUT2D eigenvalue weighted by Crippen LogP contribution is -2.56. The molecule has 1 saturated carbocycles. The van der Waals surface area contributed by atoms with Crippen LogP contribution >= 0.6 is 0 Å². The zero-order chi connectivity index (χ0) is 18.0. The molecule has 2 fully saturated rings. The second-order valence-electron chi connectivity index (χ2n) is 7.19. The first-order chi connectivity index (χ1) is 11.9. The lowest BCUT2D eigenvalue weighted by Gasteiger charge is -2.52. The molecule has 2 aliphatic rings. The van der Waals surface area contributed by atoms with Crippen molar-refractivity contribution in [3.63, 3.8) is 0 Å². The highest BCUT2D eigenvalue weighted by molar-refractivity contribution is 5.90. The molecule has 25 heavy (non-hydrogen) atoms. The summed E-state index contributed by atoms with van der Waals surface area (Å²) < 4.78 is 5.01. The molecule has 1 saturated heterocycles. The van der Waals surface area contributed by atoms with Gasteiger partial charge in [-0.3, -0.25) is 4.79 Å². The summed E-state index contributed by atoms with van der Waals surface area (Å²) in [6.07, 6.45) is 6.93. The summed E-state index contributed by atoms with van der Waals surface area (Å²) in [7, 11) is 5.03. The van der Waals surface area contributed by atoms with Gasteiger partial charge in [-0.15, -0.1) is 0 Å². The van der Waals surface area contributed by atoms with E-state index in [-0.39, 0.29) is 29.2 Å². The number of aromatic nitrogens is 2. The normalized spacial score (nSPS) is 19.2. The van der Waals surface area contributed by atoms with Crippen molar-refractivity contribution in [3.05, 3.63) is 18.2 Å². The highest BCUT2D eigenvalue weighted by Gasteiger charge is 2.47. The summed E-state index contributed by atoms with van der Waals surface area (Å²) >= 11 is 0. The number of urea groups is 1. The molecule has 2 heterocycles. The van der Waals surface area contributed by atoms with E-state index in [1.54, 1.807) is 19.0 Å². The van der Waals surface area contributed by atoms with Crippen molar-refractivity contribution < 1.29 is 14.3 Å². The number of piperidine rings is 1. The Morgan fingerprint density at radius 3 is 2.36 bits per heavy atom. The van der Waals surface area contributed by atoms with E-state index in [2.05, 4.69) is 15.3 Å². The van der Waals surface area contributed by atoms with Gasteiger partial charge in [0, 0.05) is 33.2 Å². The molecule has 1 aliphatic carbocycles. The molecule has 3 amide bonds. The average molecular weight is 347 g/mol. The van der Waals surface area contributed by atoms with Crippen molar-refractivity contribution in [2.24, 2.45) is 5.41 Å². The molecule has 136 valence electrons. The molecule has 1 spiro atoms. The van der Waals surface area contributed by atoms with E-state index in [1.807, 2.05) is 4.90 Å². The second kappa shape index (κ2) is 6.85. The number of likely N-dealkylation sites (tertiary alicyclic amines) is 1. The van der Waals surface area contributed by atoms with Gasteiger partial charge >= 0.3 is 6.03 Å². The van der Waals surface area contributed by atoms with Crippen molar-refractivity contribution >= 4 is 11.9 Å². The number of methoxy groups -OCH3 is 1. The van der Waals surface area contributed by atoms with Crippen LogP contribution in [0.5, 0.6) is 5.75 Å². The standard InChI is InChI=1S/C17H25N5O3/c1-21(2)16(24)20-12-8-17(9-12)4-6-22(7-5-17)15(23)14-18-10-13(25-3)11-19-14/h10-12H,4-9H2,1-3H3,(H,20,24). The Labute approximate surface area is 147 Å². The van der Waals surface area contributed by atoms with Crippen LogP contribution in [0.1, 0.15) is 36.3 Å². The Balaban J connectivity index is 1.49. The Kier molecular flexibility index (Phi) is 4.78. The van der Waals surface area contributed by atoms with Gasteiger partial charge in [0.15, 0.2) is 5.75 Å². The van der Waals surface area contributed by atoms with Gasteiger partial charge in [-0.25, -0.2) is 14.8 Å². The smallest absolute Gasteiger partial charge is 0.317 e.